The van der Waals surface area contributed by atoms with Gasteiger partial charge in [0.05, 0.1) is 0 Å². The molecule has 0 heterocycles. The maximum atomic E-state index is 13.3. The van der Waals surface area contributed by atoms with Crippen molar-refractivity contribution >= 4 is 27.6 Å². The molecule has 0 saturated carbocycles. The van der Waals surface area contributed by atoms with Crippen molar-refractivity contribution in [2.24, 2.45) is 0 Å². The average Bonchev–Trinajstić information content (AvgIpc) is 2.40. The highest BCUT2D eigenvalue weighted by Crippen LogP contribution is 2.28. The Kier molecular flexibility index (Phi) is 4.27. The standard InChI is InChI=1S/C15H12BrF2NO2/c1-15(14(20)21,9-6-11(17)8-12(18)7-9)19-13-4-2-10(16)3-5-13/h2-8,19H,1H3,(H,20,21). The molecule has 0 spiro atoms. The normalized spacial score (nSPS) is 13.5. The number of rotatable bonds is 4. The second-order valence-electron chi connectivity index (χ2n) is 4.72. The average molecular weight is 356 g/mol. The van der Waals surface area contributed by atoms with Gasteiger partial charge in [0, 0.05) is 16.2 Å². The molecule has 0 radical (unpaired) electrons. The first-order valence-corrected chi connectivity index (χ1v) is 6.84. The molecule has 0 aliphatic carbocycles. The summed E-state index contributed by atoms with van der Waals surface area (Å²) >= 11 is 3.27. The Hall–Kier alpha value is -1.95. The predicted molar refractivity (Wildman–Crippen MR) is 79.1 cm³/mol. The van der Waals surface area contributed by atoms with E-state index < -0.39 is 23.1 Å². The van der Waals surface area contributed by atoms with Crippen molar-refractivity contribution in [1.29, 1.82) is 0 Å². The van der Waals surface area contributed by atoms with Crippen LogP contribution in [0.3, 0.4) is 0 Å². The molecule has 0 aliphatic rings. The van der Waals surface area contributed by atoms with E-state index in [1.54, 1.807) is 24.3 Å². The molecule has 21 heavy (non-hydrogen) atoms. The van der Waals surface area contributed by atoms with Crippen molar-refractivity contribution in [3.8, 4) is 0 Å². The summed E-state index contributed by atoms with van der Waals surface area (Å²) in [5, 5.41) is 12.3. The summed E-state index contributed by atoms with van der Waals surface area (Å²) in [6.07, 6.45) is 0. The molecule has 1 unspecified atom stereocenters. The molecular formula is C15H12BrF2NO2. The fraction of sp³-hybridized carbons (Fsp3) is 0.133. The minimum absolute atomic E-state index is 0.00424. The van der Waals surface area contributed by atoms with Gasteiger partial charge in [-0.15, -0.1) is 0 Å². The fourth-order valence-corrected chi connectivity index (χ4v) is 2.18. The second-order valence-corrected chi connectivity index (χ2v) is 5.64. The van der Waals surface area contributed by atoms with E-state index in [1.807, 2.05) is 0 Å². The lowest BCUT2D eigenvalue weighted by Crippen LogP contribution is -2.40. The molecule has 2 rings (SSSR count). The second kappa shape index (κ2) is 5.81. The van der Waals surface area contributed by atoms with E-state index in [0.717, 1.165) is 16.6 Å². The lowest BCUT2D eigenvalue weighted by atomic mass is 9.91. The third-order valence-corrected chi connectivity index (χ3v) is 3.63. The zero-order valence-corrected chi connectivity index (χ0v) is 12.6. The molecular weight excluding hydrogens is 344 g/mol. The van der Waals surface area contributed by atoms with E-state index in [2.05, 4.69) is 21.2 Å². The number of aliphatic carboxylic acids is 1. The minimum atomic E-state index is -1.66. The van der Waals surface area contributed by atoms with Crippen LogP contribution in [0.15, 0.2) is 46.9 Å². The molecule has 2 aromatic carbocycles. The molecule has 0 aromatic heterocycles. The summed E-state index contributed by atoms with van der Waals surface area (Å²) in [5.74, 6) is -2.89. The van der Waals surface area contributed by atoms with Gasteiger partial charge >= 0.3 is 5.97 Å². The van der Waals surface area contributed by atoms with E-state index in [4.69, 9.17) is 0 Å². The van der Waals surface area contributed by atoms with Gasteiger partial charge in [0.15, 0.2) is 5.54 Å². The summed E-state index contributed by atoms with van der Waals surface area (Å²) in [5.41, 5.74) is -1.14. The molecule has 0 fully saturated rings. The van der Waals surface area contributed by atoms with Crippen molar-refractivity contribution in [1.82, 2.24) is 0 Å². The Bertz CT molecular complexity index is 656. The first-order valence-electron chi connectivity index (χ1n) is 6.05. The maximum absolute atomic E-state index is 13.3. The predicted octanol–water partition coefficient (Wildman–Crippen LogP) is 4.14. The van der Waals surface area contributed by atoms with Crippen LogP contribution in [0.2, 0.25) is 0 Å². The summed E-state index contributed by atoms with van der Waals surface area (Å²) in [7, 11) is 0. The molecule has 0 amide bonds. The van der Waals surface area contributed by atoms with Gasteiger partial charge in [-0.25, -0.2) is 13.6 Å². The van der Waals surface area contributed by atoms with Crippen molar-refractivity contribution in [2.45, 2.75) is 12.5 Å². The number of benzene rings is 2. The largest absolute Gasteiger partial charge is 0.479 e. The van der Waals surface area contributed by atoms with Crippen LogP contribution in [0.4, 0.5) is 14.5 Å². The summed E-state index contributed by atoms with van der Waals surface area (Å²) in [6.45, 7) is 1.35. The highest BCUT2D eigenvalue weighted by Gasteiger charge is 2.36. The number of hydrogen-bond donors (Lipinski definition) is 2. The number of carbonyl (C=O) groups is 1. The van der Waals surface area contributed by atoms with Gasteiger partial charge in [-0.2, -0.15) is 0 Å². The van der Waals surface area contributed by atoms with E-state index in [9.17, 15) is 18.7 Å². The van der Waals surface area contributed by atoms with Crippen LogP contribution in [0.1, 0.15) is 12.5 Å². The first-order chi connectivity index (χ1) is 9.81. The van der Waals surface area contributed by atoms with Gasteiger partial charge in [-0.3, -0.25) is 0 Å². The maximum Gasteiger partial charge on any atom is 0.333 e. The van der Waals surface area contributed by atoms with Crippen LogP contribution in [0.25, 0.3) is 0 Å². The molecule has 0 aliphatic heterocycles. The molecule has 0 bridgehead atoms. The summed E-state index contributed by atoms with van der Waals surface area (Å²) in [4.78, 5) is 11.6. The molecule has 3 nitrogen and oxygen atoms in total. The quantitative estimate of drug-likeness (QED) is 0.866. The van der Waals surface area contributed by atoms with E-state index in [-0.39, 0.29) is 5.56 Å². The molecule has 6 heteroatoms. The van der Waals surface area contributed by atoms with Crippen molar-refractivity contribution in [2.75, 3.05) is 5.32 Å². The Morgan fingerprint density at radius 3 is 2.14 bits per heavy atom. The van der Waals surface area contributed by atoms with Crippen molar-refractivity contribution in [3.63, 3.8) is 0 Å². The van der Waals surface area contributed by atoms with E-state index in [0.29, 0.717) is 11.8 Å². The van der Waals surface area contributed by atoms with E-state index >= 15 is 0 Å². The number of nitrogens with one attached hydrogen (secondary N) is 1. The first kappa shape index (κ1) is 15.4. The lowest BCUT2D eigenvalue weighted by molar-refractivity contribution is -0.142. The number of carboxylic acid groups (broad SMARTS) is 1. The van der Waals surface area contributed by atoms with Crippen LogP contribution >= 0.6 is 15.9 Å². The smallest absolute Gasteiger partial charge is 0.333 e. The Morgan fingerprint density at radius 1 is 1.14 bits per heavy atom. The van der Waals surface area contributed by atoms with Gasteiger partial charge < -0.3 is 10.4 Å². The van der Waals surface area contributed by atoms with Gasteiger partial charge in [0.25, 0.3) is 0 Å². The van der Waals surface area contributed by atoms with Gasteiger partial charge in [-0.1, -0.05) is 15.9 Å². The number of hydrogen-bond acceptors (Lipinski definition) is 2. The van der Waals surface area contributed by atoms with Crippen LogP contribution in [0.5, 0.6) is 0 Å². The number of carboxylic acids is 1. The molecule has 0 saturated heterocycles. The van der Waals surface area contributed by atoms with Crippen molar-refractivity contribution < 1.29 is 18.7 Å². The fourth-order valence-electron chi connectivity index (χ4n) is 1.91. The molecule has 1 atom stereocenters. The van der Waals surface area contributed by atoms with Crippen LogP contribution in [-0.4, -0.2) is 11.1 Å². The molecule has 2 aromatic rings. The molecule has 2 N–H and O–H groups in total. The SMILES string of the molecule is CC(Nc1ccc(Br)cc1)(C(=O)O)c1cc(F)cc(F)c1. The summed E-state index contributed by atoms with van der Waals surface area (Å²) in [6, 6.07) is 9.51. The highest BCUT2D eigenvalue weighted by molar-refractivity contribution is 9.10. The van der Waals surface area contributed by atoms with E-state index in [1.165, 1.54) is 6.92 Å². The third-order valence-electron chi connectivity index (χ3n) is 3.11. The zero-order valence-electron chi connectivity index (χ0n) is 11.0. The van der Waals surface area contributed by atoms with Gasteiger partial charge in [-0.05, 0) is 48.9 Å². The van der Waals surface area contributed by atoms with Crippen LogP contribution in [0, 0.1) is 11.6 Å². The van der Waals surface area contributed by atoms with Crippen molar-refractivity contribution in [3.05, 3.63) is 64.1 Å². The number of halogens is 3. The topological polar surface area (TPSA) is 49.3 Å². The van der Waals surface area contributed by atoms with Crippen LogP contribution in [-0.2, 0) is 10.3 Å². The van der Waals surface area contributed by atoms with Gasteiger partial charge in [0.1, 0.15) is 11.6 Å². The highest BCUT2D eigenvalue weighted by atomic mass is 79.9. The third kappa shape index (κ3) is 3.39. The molecule has 110 valence electrons. The Labute approximate surface area is 128 Å². The van der Waals surface area contributed by atoms with Gasteiger partial charge in [0.2, 0.25) is 0 Å². The lowest BCUT2D eigenvalue weighted by Gasteiger charge is -2.28. The minimum Gasteiger partial charge on any atom is -0.479 e. The Balaban J connectivity index is 2.44. The monoisotopic (exact) mass is 355 g/mol. The summed E-state index contributed by atoms with van der Waals surface area (Å²) < 4.78 is 27.5. The number of anilines is 1. The Morgan fingerprint density at radius 2 is 1.67 bits per heavy atom. The van der Waals surface area contributed by atoms with Crippen LogP contribution < -0.4 is 5.32 Å². The zero-order chi connectivity index (χ0) is 15.6.